The summed E-state index contributed by atoms with van der Waals surface area (Å²) in [6.45, 7) is 0. The molecule has 0 aliphatic rings. The normalized spacial score (nSPS) is 10.6. The number of benzene rings is 2. The molecule has 0 amide bonds. The summed E-state index contributed by atoms with van der Waals surface area (Å²) in [5.74, 6) is 0.492. The molecule has 4 aromatic rings. The highest BCUT2D eigenvalue weighted by Gasteiger charge is 2.26. The van der Waals surface area contributed by atoms with Crippen molar-refractivity contribution < 1.29 is 4.92 Å². The van der Waals surface area contributed by atoms with Crippen LogP contribution in [0.4, 0.5) is 23.1 Å². The van der Waals surface area contributed by atoms with Gasteiger partial charge < -0.3 is 10.6 Å². The molecule has 2 aromatic heterocycles. The average Bonchev–Trinajstić information content (AvgIpc) is 2.80. The first-order valence-corrected chi connectivity index (χ1v) is 9.74. The molecule has 0 atom stereocenters. The standard InChI is InChI=1S/C22H17ClN6O2/c23-17-11-12-18(24-13-17)27-21-20(29(30)31)22(26-14-25-21)28-19(15-7-3-1-4-8-15)16-9-5-2-6-10-16/h1-14,19H,(H2,24,25,26,27,28). The molecule has 0 saturated heterocycles. The summed E-state index contributed by atoms with van der Waals surface area (Å²) >= 11 is 5.86. The minimum absolute atomic E-state index is 0.0252. The van der Waals surface area contributed by atoms with E-state index in [9.17, 15) is 10.1 Å². The fourth-order valence-electron chi connectivity index (χ4n) is 3.11. The zero-order valence-electron chi connectivity index (χ0n) is 16.1. The van der Waals surface area contributed by atoms with Crippen LogP contribution in [-0.4, -0.2) is 19.9 Å². The fraction of sp³-hybridized carbons (Fsp3) is 0.0455. The molecule has 0 aliphatic carbocycles. The molecule has 0 saturated carbocycles. The minimum Gasteiger partial charge on any atom is -0.353 e. The first-order valence-electron chi connectivity index (χ1n) is 9.36. The van der Waals surface area contributed by atoms with Crippen LogP contribution in [0.3, 0.4) is 0 Å². The number of nitrogens with one attached hydrogen (secondary N) is 2. The van der Waals surface area contributed by atoms with Crippen molar-refractivity contribution in [1.82, 2.24) is 15.0 Å². The van der Waals surface area contributed by atoms with Crippen molar-refractivity contribution in [2.75, 3.05) is 10.6 Å². The Balaban J connectivity index is 1.74. The van der Waals surface area contributed by atoms with E-state index in [0.29, 0.717) is 10.8 Å². The van der Waals surface area contributed by atoms with Gasteiger partial charge in [0.15, 0.2) is 0 Å². The second-order valence-electron chi connectivity index (χ2n) is 6.56. The third kappa shape index (κ3) is 4.76. The highest BCUT2D eigenvalue weighted by Crippen LogP contribution is 2.34. The molecular formula is C22H17ClN6O2. The lowest BCUT2D eigenvalue weighted by Gasteiger charge is -2.20. The SMILES string of the molecule is O=[N+]([O-])c1c(Nc2ccc(Cl)cn2)ncnc1NC(c1ccccc1)c1ccccc1. The van der Waals surface area contributed by atoms with Crippen LogP contribution in [0, 0.1) is 10.1 Å². The van der Waals surface area contributed by atoms with Crippen molar-refractivity contribution >= 4 is 34.7 Å². The maximum absolute atomic E-state index is 11.9. The topological polar surface area (TPSA) is 106 Å². The van der Waals surface area contributed by atoms with Gasteiger partial charge in [0, 0.05) is 6.20 Å². The summed E-state index contributed by atoms with van der Waals surface area (Å²) in [5, 5.41) is 18.5. The van der Waals surface area contributed by atoms with E-state index in [2.05, 4.69) is 25.6 Å². The van der Waals surface area contributed by atoms with Gasteiger partial charge in [0.25, 0.3) is 0 Å². The molecule has 31 heavy (non-hydrogen) atoms. The molecule has 0 fully saturated rings. The van der Waals surface area contributed by atoms with Gasteiger partial charge in [0.1, 0.15) is 12.1 Å². The van der Waals surface area contributed by atoms with E-state index >= 15 is 0 Å². The van der Waals surface area contributed by atoms with Crippen LogP contribution < -0.4 is 10.6 Å². The highest BCUT2D eigenvalue weighted by atomic mass is 35.5. The van der Waals surface area contributed by atoms with Crippen molar-refractivity contribution in [2.45, 2.75) is 6.04 Å². The van der Waals surface area contributed by atoms with Crippen LogP contribution in [0.25, 0.3) is 0 Å². The number of aromatic nitrogens is 3. The molecule has 2 aromatic carbocycles. The van der Waals surface area contributed by atoms with E-state index in [1.807, 2.05) is 60.7 Å². The van der Waals surface area contributed by atoms with Gasteiger partial charge in [-0.05, 0) is 23.3 Å². The van der Waals surface area contributed by atoms with E-state index in [1.165, 1.54) is 12.5 Å². The second-order valence-corrected chi connectivity index (χ2v) is 7.00. The van der Waals surface area contributed by atoms with E-state index in [1.54, 1.807) is 12.1 Å². The molecule has 8 nitrogen and oxygen atoms in total. The molecule has 0 radical (unpaired) electrons. The lowest BCUT2D eigenvalue weighted by Crippen LogP contribution is -2.15. The Hall–Kier alpha value is -4.04. The molecule has 4 rings (SSSR count). The van der Waals surface area contributed by atoms with Gasteiger partial charge >= 0.3 is 5.69 Å². The fourth-order valence-corrected chi connectivity index (χ4v) is 3.22. The zero-order valence-corrected chi connectivity index (χ0v) is 16.9. The third-order valence-electron chi connectivity index (χ3n) is 4.53. The van der Waals surface area contributed by atoms with E-state index in [4.69, 9.17) is 11.6 Å². The number of halogens is 1. The summed E-state index contributed by atoms with van der Waals surface area (Å²) in [7, 11) is 0. The number of rotatable bonds is 7. The molecule has 0 bridgehead atoms. The lowest BCUT2D eigenvalue weighted by molar-refractivity contribution is -0.383. The van der Waals surface area contributed by atoms with Crippen molar-refractivity contribution in [2.24, 2.45) is 0 Å². The third-order valence-corrected chi connectivity index (χ3v) is 4.75. The number of nitro groups is 1. The highest BCUT2D eigenvalue weighted by molar-refractivity contribution is 6.30. The maximum Gasteiger partial charge on any atom is 0.353 e. The Morgan fingerprint density at radius 1 is 0.839 bits per heavy atom. The smallest absolute Gasteiger partial charge is 0.353 e. The largest absolute Gasteiger partial charge is 0.353 e. The van der Waals surface area contributed by atoms with Gasteiger partial charge in [-0.15, -0.1) is 0 Å². The molecule has 154 valence electrons. The summed E-state index contributed by atoms with van der Waals surface area (Å²) < 4.78 is 0. The summed E-state index contributed by atoms with van der Waals surface area (Å²) in [6, 6.07) is 22.2. The Bertz CT molecular complexity index is 1130. The van der Waals surface area contributed by atoms with Crippen LogP contribution >= 0.6 is 11.6 Å². The number of nitrogens with zero attached hydrogens (tertiary/aromatic N) is 4. The summed E-state index contributed by atoms with van der Waals surface area (Å²) in [5.41, 5.74) is 1.60. The van der Waals surface area contributed by atoms with Crippen molar-refractivity contribution in [3.8, 4) is 0 Å². The molecule has 0 unspecified atom stereocenters. The average molecular weight is 433 g/mol. The van der Waals surface area contributed by atoms with Crippen LogP contribution in [0.2, 0.25) is 5.02 Å². The van der Waals surface area contributed by atoms with Crippen molar-refractivity contribution in [3.63, 3.8) is 0 Å². The Morgan fingerprint density at radius 2 is 1.45 bits per heavy atom. The molecule has 9 heteroatoms. The monoisotopic (exact) mass is 432 g/mol. The predicted molar refractivity (Wildman–Crippen MR) is 120 cm³/mol. The molecule has 2 N–H and O–H groups in total. The quantitative estimate of drug-likeness (QED) is 0.298. The molecule has 0 spiro atoms. The predicted octanol–water partition coefficient (Wildman–Crippen LogP) is 5.38. The van der Waals surface area contributed by atoms with Crippen molar-refractivity contribution in [3.05, 3.63) is 112 Å². The molecule has 0 aliphatic heterocycles. The zero-order chi connectivity index (χ0) is 21.6. The maximum atomic E-state index is 11.9. The number of hydrogen-bond acceptors (Lipinski definition) is 7. The molecular weight excluding hydrogens is 416 g/mol. The van der Waals surface area contributed by atoms with Crippen molar-refractivity contribution in [1.29, 1.82) is 0 Å². The summed E-state index contributed by atoms with van der Waals surface area (Å²) in [6.07, 6.45) is 2.71. The van der Waals surface area contributed by atoms with Gasteiger partial charge in [-0.1, -0.05) is 72.3 Å². The van der Waals surface area contributed by atoms with Gasteiger partial charge in [-0.25, -0.2) is 15.0 Å². The number of hydrogen-bond donors (Lipinski definition) is 2. The number of anilines is 3. The van der Waals surface area contributed by atoms with Gasteiger partial charge in [0.05, 0.1) is 16.0 Å². The lowest BCUT2D eigenvalue weighted by atomic mass is 9.99. The van der Waals surface area contributed by atoms with E-state index in [0.717, 1.165) is 11.1 Å². The van der Waals surface area contributed by atoms with Gasteiger partial charge in [0.2, 0.25) is 11.6 Å². The Morgan fingerprint density at radius 3 is 2.00 bits per heavy atom. The van der Waals surface area contributed by atoms with E-state index < -0.39 is 4.92 Å². The number of pyridine rings is 1. The van der Waals surface area contributed by atoms with Gasteiger partial charge in [-0.2, -0.15) is 0 Å². The Labute approximate surface area is 183 Å². The summed E-state index contributed by atoms with van der Waals surface area (Å²) in [4.78, 5) is 23.8. The minimum atomic E-state index is -0.520. The first kappa shape index (κ1) is 20.2. The van der Waals surface area contributed by atoms with Crippen LogP contribution in [0.1, 0.15) is 17.2 Å². The molecule has 2 heterocycles. The van der Waals surface area contributed by atoms with Crippen LogP contribution in [0.5, 0.6) is 0 Å². The van der Waals surface area contributed by atoms with Crippen LogP contribution in [0.15, 0.2) is 85.3 Å². The Kier molecular flexibility index (Phi) is 6.00. The first-order chi connectivity index (χ1) is 15.1. The van der Waals surface area contributed by atoms with Gasteiger partial charge in [-0.3, -0.25) is 10.1 Å². The van der Waals surface area contributed by atoms with Crippen LogP contribution in [-0.2, 0) is 0 Å². The second kappa shape index (κ2) is 9.19. The van der Waals surface area contributed by atoms with E-state index in [-0.39, 0.29) is 23.4 Å².